The monoisotopic (exact) mass is 802 g/mol. The maximum absolute atomic E-state index is 12.8. The van der Waals surface area contributed by atoms with Crippen molar-refractivity contribution in [1.29, 1.82) is 0 Å². The number of aliphatic hydroxyl groups excluding tert-OH is 1. The van der Waals surface area contributed by atoms with Crippen LogP contribution in [-0.4, -0.2) is 73.4 Å². The fraction of sp³-hybridized carbons (Fsp3) is 0.638. The van der Waals surface area contributed by atoms with Gasteiger partial charge in [0.25, 0.3) is 0 Å². The molecule has 1 amide bonds. The van der Waals surface area contributed by atoms with Crippen molar-refractivity contribution in [2.45, 2.75) is 154 Å². The Balaban J connectivity index is 4.20. The summed E-state index contributed by atoms with van der Waals surface area (Å²) in [7, 11) is 1.52. The minimum absolute atomic E-state index is 0.0482. The second kappa shape index (κ2) is 38.0. The molecule has 3 unspecified atom stereocenters. The van der Waals surface area contributed by atoms with E-state index in [-0.39, 0.29) is 19.1 Å². The van der Waals surface area contributed by atoms with Crippen molar-refractivity contribution in [3.05, 3.63) is 97.2 Å². The molecule has 0 spiro atoms. The largest absolute Gasteiger partial charge is 0.472 e. The van der Waals surface area contributed by atoms with E-state index in [0.717, 1.165) is 96.3 Å². The Bertz CT molecular complexity index is 1230. The van der Waals surface area contributed by atoms with Gasteiger partial charge in [-0.3, -0.25) is 13.8 Å². The number of nitrogens with zero attached hydrogens (tertiary/aromatic N) is 1. The first-order chi connectivity index (χ1) is 27.0. The molecule has 0 saturated heterocycles. The van der Waals surface area contributed by atoms with Crippen LogP contribution in [0.15, 0.2) is 97.2 Å². The highest BCUT2D eigenvalue weighted by Crippen LogP contribution is 2.43. The zero-order valence-corrected chi connectivity index (χ0v) is 37.0. The highest BCUT2D eigenvalue weighted by Gasteiger charge is 2.27. The Morgan fingerprint density at radius 2 is 1.09 bits per heavy atom. The minimum atomic E-state index is -4.34. The first kappa shape index (κ1) is 53.4. The molecule has 0 fully saturated rings. The summed E-state index contributed by atoms with van der Waals surface area (Å²) in [5.74, 6) is -0.207. The van der Waals surface area contributed by atoms with Gasteiger partial charge >= 0.3 is 7.82 Å². The van der Waals surface area contributed by atoms with Gasteiger partial charge in [0.2, 0.25) is 5.91 Å². The molecule has 0 aliphatic carbocycles. The average molecular weight is 802 g/mol. The van der Waals surface area contributed by atoms with E-state index >= 15 is 0 Å². The lowest BCUT2D eigenvalue weighted by molar-refractivity contribution is -0.870. The molecule has 8 nitrogen and oxygen atoms in total. The fourth-order valence-electron chi connectivity index (χ4n) is 5.36. The van der Waals surface area contributed by atoms with Gasteiger partial charge in [0.1, 0.15) is 13.2 Å². The molecule has 0 radical (unpaired) electrons. The lowest BCUT2D eigenvalue weighted by atomic mass is 10.1. The predicted octanol–water partition coefficient (Wildman–Crippen LogP) is 12.0. The van der Waals surface area contributed by atoms with Crippen LogP contribution in [0, 0.1) is 0 Å². The van der Waals surface area contributed by atoms with Gasteiger partial charge in [0.15, 0.2) is 0 Å². The number of carbonyl (C=O) groups is 1. The topological polar surface area (TPSA) is 105 Å². The summed E-state index contributed by atoms with van der Waals surface area (Å²) >= 11 is 0. The number of likely N-dealkylation sites (N-methyl/N-ethyl adjacent to an activating group) is 1. The van der Waals surface area contributed by atoms with E-state index < -0.39 is 20.0 Å². The van der Waals surface area contributed by atoms with Crippen molar-refractivity contribution in [2.75, 3.05) is 40.9 Å². The van der Waals surface area contributed by atoms with E-state index in [0.29, 0.717) is 17.4 Å². The van der Waals surface area contributed by atoms with Crippen LogP contribution in [0.4, 0.5) is 0 Å². The number of carbonyl (C=O) groups excluding carboxylic acids is 1. The molecule has 0 aromatic rings. The molecular weight excluding hydrogens is 719 g/mol. The molecule has 0 saturated carbocycles. The summed E-state index contributed by atoms with van der Waals surface area (Å²) in [5, 5.41) is 13.6. The Hall–Kier alpha value is -2.58. The van der Waals surface area contributed by atoms with Gasteiger partial charge in [-0.05, 0) is 77.0 Å². The van der Waals surface area contributed by atoms with Crippen molar-refractivity contribution in [2.24, 2.45) is 0 Å². The van der Waals surface area contributed by atoms with Gasteiger partial charge < -0.3 is 19.8 Å². The molecule has 0 bridgehead atoms. The van der Waals surface area contributed by atoms with Gasteiger partial charge in [0.05, 0.1) is 39.9 Å². The molecule has 56 heavy (non-hydrogen) atoms. The molecule has 0 heterocycles. The van der Waals surface area contributed by atoms with E-state index in [1.54, 1.807) is 6.08 Å². The van der Waals surface area contributed by atoms with E-state index in [1.165, 1.54) is 25.7 Å². The Morgan fingerprint density at radius 1 is 0.625 bits per heavy atom. The number of hydrogen-bond donors (Lipinski definition) is 3. The van der Waals surface area contributed by atoms with Crippen LogP contribution in [-0.2, 0) is 18.4 Å². The second-order valence-electron chi connectivity index (χ2n) is 15.3. The quantitative estimate of drug-likeness (QED) is 0.0250. The summed E-state index contributed by atoms with van der Waals surface area (Å²) in [6.45, 7) is 4.52. The van der Waals surface area contributed by atoms with Crippen LogP contribution >= 0.6 is 7.82 Å². The van der Waals surface area contributed by atoms with Crippen LogP contribution in [0.2, 0.25) is 0 Å². The second-order valence-corrected chi connectivity index (χ2v) is 16.8. The molecular formula is C47H82N2O6P+. The van der Waals surface area contributed by atoms with Crippen LogP contribution in [0.1, 0.15) is 142 Å². The fourth-order valence-corrected chi connectivity index (χ4v) is 6.09. The third-order valence-corrected chi connectivity index (χ3v) is 9.75. The van der Waals surface area contributed by atoms with Gasteiger partial charge in [-0.25, -0.2) is 4.57 Å². The van der Waals surface area contributed by atoms with Crippen molar-refractivity contribution < 1.29 is 32.9 Å². The highest BCUT2D eigenvalue weighted by molar-refractivity contribution is 7.47. The first-order valence-corrected chi connectivity index (χ1v) is 23.1. The molecule has 0 rings (SSSR count). The molecule has 320 valence electrons. The number of quaternary nitrogens is 1. The predicted molar refractivity (Wildman–Crippen MR) is 239 cm³/mol. The first-order valence-electron chi connectivity index (χ1n) is 21.6. The third-order valence-electron chi connectivity index (χ3n) is 8.77. The molecule has 9 heteroatoms. The van der Waals surface area contributed by atoms with Gasteiger partial charge in [-0.15, -0.1) is 0 Å². The number of nitrogens with one attached hydrogen (secondary N) is 1. The number of unbranched alkanes of at least 4 members (excludes halogenated alkanes) is 10. The van der Waals surface area contributed by atoms with E-state index in [2.05, 4.69) is 104 Å². The molecule has 0 aromatic heterocycles. The Morgan fingerprint density at radius 3 is 1.62 bits per heavy atom. The maximum atomic E-state index is 12.8. The zero-order chi connectivity index (χ0) is 41.4. The molecule has 0 aliphatic heterocycles. The number of phosphoric ester groups is 1. The highest BCUT2D eigenvalue weighted by atomic mass is 31.2. The van der Waals surface area contributed by atoms with Gasteiger partial charge in [-0.1, -0.05) is 156 Å². The summed E-state index contributed by atoms with van der Waals surface area (Å²) in [6.07, 6.45) is 53.7. The number of hydrogen-bond acceptors (Lipinski definition) is 5. The zero-order valence-electron chi connectivity index (χ0n) is 36.1. The van der Waals surface area contributed by atoms with Crippen LogP contribution in [0.25, 0.3) is 0 Å². The van der Waals surface area contributed by atoms with E-state index in [1.807, 2.05) is 27.2 Å². The average Bonchev–Trinajstić information content (AvgIpc) is 3.15. The Labute approximate surface area is 343 Å². The SMILES string of the molecule is CC/C=C\C/C=C\C/C=C\C/C=C\C/C=C\C/C=C\CCCCCCCCCCC(=O)NC(COP(=O)(O)OCC[N+](C)(C)C)C(O)/C=C/CC/C=C/CCC. The van der Waals surface area contributed by atoms with Crippen LogP contribution in [0.5, 0.6) is 0 Å². The van der Waals surface area contributed by atoms with Crippen molar-refractivity contribution in [3.8, 4) is 0 Å². The smallest absolute Gasteiger partial charge is 0.387 e. The summed E-state index contributed by atoms with van der Waals surface area (Å²) in [5.41, 5.74) is 0. The minimum Gasteiger partial charge on any atom is -0.387 e. The standard InChI is InChI=1S/C47H81N2O6P/c1-6-8-10-12-14-15-16-17-18-19-20-21-22-23-24-25-26-27-28-29-30-31-32-33-35-37-39-41-47(51)48-45(46(50)40-38-36-34-13-11-9-7-2)44-55-56(52,53)54-43-42-49(3,4)5/h8,10-11,13-15,17-18,20-21,23-24,26-27,38,40,45-46,50H,6-7,9,12,16,19,22,25,28-37,39,41-44H2,1-5H3,(H-,48,51,52,53)/p+1/b10-8-,13-11+,15-14-,18-17-,21-20-,24-23-,27-26-,40-38+. The third kappa shape index (κ3) is 39.6. The molecule has 3 N–H and O–H groups in total. The van der Waals surface area contributed by atoms with Gasteiger partial charge in [0, 0.05) is 6.42 Å². The van der Waals surface area contributed by atoms with Crippen molar-refractivity contribution >= 4 is 13.7 Å². The number of phosphoric acid groups is 1. The lowest BCUT2D eigenvalue weighted by Crippen LogP contribution is -2.45. The Kier molecular flexibility index (Phi) is 36.2. The van der Waals surface area contributed by atoms with Gasteiger partial charge in [-0.2, -0.15) is 0 Å². The summed E-state index contributed by atoms with van der Waals surface area (Å²) < 4.78 is 23.4. The summed E-state index contributed by atoms with van der Waals surface area (Å²) in [6, 6.07) is -0.871. The number of aliphatic hydroxyl groups is 1. The lowest BCUT2D eigenvalue weighted by Gasteiger charge is -2.25. The normalized spacial score (nSPS) is 15.3. The maximum Gasteiger partial charge on any atom is 0.472 e. The number of rotatable bonds is 37. The van der Waals surface area contributed by atoms with Crippen LogP contribution in [0.3, 0.4) is 0 Å². The van der Waals surface area contributed by atoms with Crippen molar-refractivity contribution in [1.82, 2.24) is 5.32 Å². The summed E-state index contributed by atoms with van der Waals surface area (Å²) in [4.78, 5) is 23.0. The van der Waals surface area contributed by atoms with E-state index in [9.17, 15) is 19.4 Å². The van der Waals surface area contributed by atoms with Crippen LogP contribution < -0.4 is 5.32 Å². The molecule has 3 atom stereocenters. The molecule has 0 aromatic carbocycles. The number of amides is 1. The van der Waals surface area contributed by atoms with E-state index in [4.69, 9.17) is 9.05 Å². The molecule has 0 aliphatic rings. The van der Waals surface area contributed by atoms with Crippen molar-refractivity contribution in [3.63, 3.8) is 0 Å². The number of allylic oxidation sites excluding steroid dienone is 15.